The molecule has 0 saturated carbocycles. The maximum Gasteiger partial charge on any atom is 0.281 e. The summed E-state index contributed by atoms with van der Waals surface area (Å²) in [7, 11) is -3.39. The van der Waals surface area contributed by atoms with E-state index < -0.39 is 10.2 Å². The maximum absolute atomic E-state index is 13.1. The fraction of sp³-hybridized carbons (Fsp3) is 0.720. The number of aryl methyl sites for hydroxylation is 1. The number of ether oxygens (including phenoxy) is 1. The lowest BCUT2D eigenvalue weighted by atomic mass is 9.96. The van der Waals surface area contributed by atoms with Crippen LogP contribution < -0.4 is 4.74 Å². The summed E-state index contributed by atoms with van der Waals surface area (Å²) < 4.78 is 35.1. The molecule has 1 amide bonds. The summed E-state index contributed by atoms with van der Waals surface area (Å²) in [5.41, 5.74) is 1.22. The molecule has 3 aliphatic rings. The molecule has 1 aromatic carbocycles. The third kappa shape index (κ3) is 6.08. The van der Waals surface area contributed by atoms with Gasteiger partial charge in [-0.1, -0.05) is 24.6 Å². The molecule has 8 heteroatoms. The summed E-state index contributed by atoms with van der Waals surface area (Å²) in [5, 5.41) is 0. The molecule has 7 nitrogen and oxygen atoms in total. The van der Waals surface area contributed by atoms with Gasteiger partial charge in [0.2, 0.25) is 5.91 Å². The summed E-state index contributed by atoms with van der Waals surface area (Å²) in [6, 6.07) is 8.10. The average Bonchev–Trinajstić information content (AvgIpc) is 3.29. The molecule has 0 N–H and O–H groups in total. The Balaban J connectivity index is 1.19. The van der Waals surface area contributed by atoms with Crippen molar-refractivity contribution in [3.63, 3.8) is 0 Å². The van der Waals surface area contributed by atoms with Crippen molar-refractivity contribution in [2.24, 2.45) is 17.8 Å². The number of likely N-dealkylation sites (tertiary alicyclic amines) is 1. The van der Waals surface area contributed by atoms with E-state index in [1.807, 2.05) is 17.0 Å². The van der Waals surface area contributed by atoms with Crippen molar-refractivity contribution in [3.8, 4) is 5.75 Å². The van der Waals surface area contributed by atoms with E-state index in [0.29, 0.717) is 57.5 Å². The fourth-order valence-electron chi connectivity index (χ4n) is 5.22. The third-order valence-electron chi connectivity index (χ3n) is 7.61. The van der Waals surface area contributed by atoms with Gasteiger partial charge in [-0.2, -0.15) is 17.0 Å². The zero-order chi connectivity index (χ0) is 23.4. The molecule has 0 aromatic heterocycles. The molecule has 4 rings (SSSR count). The molecule has 3 fully saturated rings. The van der Waals surface area contributed by atoms with E-state index in [0.717, 1.165) is 44.5 Å². The highest BCUT2D eigenvalue weighted by atomic mass is 32.2. The largest absolute Gasteiger partial charge is 0.494 e. The Kier molecular flexibility index (Phi) is 7.97. The van der Waals surface area contributed by atoms with Gasteiger partial charge in [0.05, 0.1) is 6.61 Å². The van der Waals surface area contributed by atoms with Crippen LogP contribution >= 0.6 is 0 Å². The molecule has 0 bridgehead atoms. The number of carbonyl (C=O) groups excluding carboxylic acids is 1. The fourth-order valence-corrected chi connectivity index (χ4v) is 6.89. The summed E-state index contributed by atoms with van der Waals surface area (Å²) >= 11 is 0. The maximum atomic E-state index is 13.1. The van der Waals surface area contributed by atoms with Gasteiger partial charge in [0.25, 0.3) is 10.2 Å². The predicted octanol–water partition coefficient (Wildman–Crippen LogP) is 3.30. The zero-order valence-corrected chi connectivity index (χ0v) is 20.9. The SMILES string of the molecule is Cc1ccc(OCCC2CCN(C(=O)C3CCN(S(=O)(=O)N4CCC(C)CC4)CC3)C2)cc1. The van der Waals surface area contributed by atoms with Crippen LogP contribution in [0.1, 0.15) is 51.0 Å². The molecule has 1 aromatic rings. The van der Waals surface area contributed by atoms with Gasteiger partial charge in [0, 0.05) is 45.2 Å². The summed E-state index contributed by atoms with van der Waals surface area (Å²) in [4.78, 5) is 15.1. The Morgan fingerprint density at radius 3 is 2.18 bits per heavy atom. The minimum Gasteiger partial charge on any atom is -0.494 e. The number of hydrogen-bond donors (Lipinski definition) is 0. The van der Waals surface area contributed by atoms with E-state index >= 15 is 0 Å². The lowest BCUT2D eigenvalue weighted by Crippen LogP contribution is -2.50. The Labute approximate surface area is 199 Å². The van der Waals surface area contributed by atoms with Crippen molar-refractivity contribution in [2.75, 3.05) is 45.9 Å². The normalized spacial score (nSPS) is 24.3. The van der Waals surface area contributed by atoms with Gasteiger partial charge in [-0.3, -0.25) is 4.79 Å². The van der Waals surface area contributed by atoms with E-state index in [9.17, 15) is 13.2 Å². The number of rotatable bonds is 7. The predicted molar refractivity (Wildman–Crippen MR) is 129 cm³/mol. The topological polar surface area (TPSA) is 70.2 Å². The van der Waals surface area contributed by atoms with Crippen LogP contribution in [0, 0.1) is 24.7 Å². The van der Waals surface area contributed by atoms with Crippen LogP contribution in [-0.2, 0) is 15.0 Å². The van der Waals surface area contributed by atoms with Gasteiger partial charge in [-0.25, -0.2) is 0 Å². The molecule has 0 radical (unpaired) electrons. The first-order valence-corrected chi connectivity index (χ1v) is 14.0. The minimum absolute atomic E-state index is 0.0552. The monoisotopic (exact) mass is 477 g/mol. The van der Waals surface area contributed by atoms with Crippen LogP contribution in [0.3, 0.4) is 0 Å². The quantitative estimate of drug-likeness (QED) is 0.604. The highest BCUT2D eigenvalue weighted by Crippen LogP contribution is 2.28. The lowest BCUT2D eigenvalue weighted by molar-refractivity contribution is -0.135. The van der Waals surface area contributed by atoms with E-state index in [4.69, 9.17) is 4.74 Å². The van der Waals surface area contributed by atoms with Crippen molar-refractivity contribution in [3.05, 3.63) is 29.8 Å². The van der Waals surface area contributed by atoms with Gasteiger partial charge in [-0.15, -0.1) is 0 Å². The number of amides is 1. The molecule has 184 valence electrons. The van der Waals surface area contributed by atoms with Gasteiger partial charge in [0.15, 0.2) is 0 Å². The number of carbonyl (C=O) groups is 1. The molecular formula is C25H39N3O4S. The first-order chi connectivity index (χ1) is 15.8. The summed E-state index contributed by atoms with van der Waals surface area (Å²) in [6.45, 7) is 8.64. The van der Waals surface area contributed by atoms with Crippen molar-refractivity contribution in [1.82, 2.24) is 13.5 Å². The van der Waals surface area contributed by atoms with Crippen molar-refractivity contribution >= 4 is 16.1 Å². The van der Waals surface area contributed by atoms with Gasteiger partial charge >= 0.3 is 0 Å². The van der Waals surface area contributed by atoms with E-state index in [1.54, 1.807) is 8.61 Å². The highest BCUT2D eigenvalue weighted by molar-refractivity contribution is 7.86. The molecule has 0 aliphatic carbocycles. The van der Waals surface area contributed by atoms with Gasteiger partial charge < -0.3 is 9.64 Å². The standard InChI is InChI=1S/C25H39N3O4S/c1-20-3-5-24(6-4-20)32-18-12-22-9-13-26(19-22)25(29)23-10-16-28(17-11-23)33(30,31)27-14-7-21(2)8-15-27/h3-6,21-23H,7-19H2,1-2H3. The van der Waals surface area contributed by atoms with Crippen molar-refractivity contribution in [1.29, 1.82) is 0 Å². The van der Waals surface area contributed by atoms with Crippen LogP contribution in [0.25, 0.3) is 0 Å². The number of piperidine rings is 2. The smallest absolute Gasteiger partial charge is 0.281 e. The van der Waals surface area contributed by atoms with Crippen LogP contribution in [0.15, 0.2) is 24.3 Å². The Hall–Kier alpha value is -1.64. The van der Waals surface area contributed by atoms with Crippen LogP contribution in [0.4, 0.5) is 0 Å². The molecule has 1 atom stereocenters. The second kappa shape index (κ2) is 10.7. The highest BCUT2D eigenvalue weighted by Gasteiger charge is 2.38. The van der Waals surface area contributed by atoms with E-state index in [2.05, 4.69) is 26.0 Å². The molecular weight excluding hydrogens is 438 g/mol. The average molecular weight is 478 g/mol. The van der Waals surface area contributed by atoms with E-state index in [1.165, 1.54) is 5.56 Å². The van der Waals surface area contributed by atoms with Crippen molar-refractivity contribution < 1.29 is 17.9 Å². The molecule has 3 heterocycles. The number of benzene rings is 1. The lowest BCUT2D eigenvalue weighted by Gasteiger charge is -2.37. The summed E-state index contributed by atoms with van der Waals surface area (Å²) in [5.74, 6) is 2.12. The van der Waals surface area contributed by atoms with Gasteiger partial charge in [0.1, 0.15) is 5.75 Å². The Bertz CT molecular complexity index is 889. The van der Waals surface area contributed by atoms with E-state index in [-0.39, 0.29) is 11.8 Å². The second-order valence-corrected chi connectivity index (χ2v) is 12.1. The third-order valence-corrected chi connectivity index (χ3v) is 9.65. The van der Waals surface area contributed by atoms with Crippen LogP contribution in [-0.4, -0.2) is 73.7 Å². The first kappa shape index (κ1) is 24.5. The minimum atomic E-state index is -3.39. The molecule has 3 saturated heterocycles. The molecule has 0 spiro atoms. The van der Waals surface area contributed by atoms with Gasteiger partial charge in [-0.05, 0) is 69.4 Å². The molecule has 33 heavy (non-hydrogen) atoms. The van der Waals surface area contributed by atoms with Crippen molar-refractivity contribution in [2.45, 2.75) is 52.4 Å². The second-order valence-electron chi connectivity index (χ2n) is 10.2. The molecule has 3 aliphatic heterocycles. The Morgan fingerprint density at radius 2 is 1.55 bits per heavy atom. The zero-order valence-electron chi connectivity index (χ0n) is 20.1. The molecule has 1 unspecified atom stereocenters. The first-order valence-electron chi connectivity index (χ1n) is 12.6. The van der Waals surface area contributed by atoms with Crippen LogP contribution in [0.5, 0.6) is 5.75 Å². The van der Waals surface area contributed by atoms with Crippen LogP contribution in [0.2, 0.25) is 0 Å². The Morgan fingerprint density at radius 1 is 0.939 bits per heavy atom. The summed E-state index contributed by atoms with van der Waals surface area (Å²) in [6.07, 6.45) is 5.08. The number of nitrogens with zero attached hydrogens (tertiary/aromatic N) is 3. The number of hydrogen-bond acceptors (Lipinski definition) is 4.